The third-order valence-electron chi connectivity index (χ3n) is 3.71. The van der Waals surface area contributed by atoms with Gasteiger partial charge in [-0.2, -0.15) is 0 Å². The molecule has 2 aromatic rings. The van der Waals surface area contributed by atoms with Crippen molar-refractivity contribution in [2.24, 2.45) is 0 Å². The van der Waals surface area contributed by atoms with Crippen molar-refractivity contribution in [3.05, 3.63) is 53.1 Å². The Morgan fingerprint density at radius 2 is 2.00 bits per heavy atom. The molecule has 0 bridgehead atoms. The van der Waals surface area contributed by atoms with Gasteiger partial charge in [-0.25, -0.2) is 4.98 Å². The highest BCUT2D eigenvalue weighted by Gasteiger charge is 2.15. The predicted octanol–water partition coefficient (Wildman–Crippen LogP) is 3.12. The monoisotopic (exact) mass is 226 g/mol. The van der Waals surface area contributed by atoms with Crippen LogP contribution in [0.5, 0.6) is 0 Å². The van der Waals surface area contributed by atoms with Gasteiger partial charge in [0.25, 0.3) is 0 Å². The van der Waals surface area contributed by atoms with Gasteiger partial charge in [-0.3, -0.25) is 0 Å². The van der Waals surface area contributed by atoms with Crippen molar-refractivity contribution < 1.29 is 0 Å². The zero-order chi connectivity index (χ0) is 11.7. The van der Waals surface area contributed by atoms with Gasteiger partial charge in [0.2, 0.25) is 0 Å². The number of imidazole rings is 1. The van der Waals surface area contributed by atoms with Gasteiger partial charge >= 0.3 is 0 Å². The van der Waals surface area contributed by atoms with Crippen LogP contribution in [0, 0.1) is 6.92 Å². The topological polar surface area (TPSA) is 17.8 Å². The Morgan fingerprint density at radius 3 is 2.88 bits per heavy atom. The van der Waals surface area contributed by atoms with Crippen molar-refractivity contribution in [2.45, 2.75) is 39.2 Å². The molecule has 0 fully saturated rings. The molecule has 17 heavy (non-hydrogen) atoms. The van der Waals surface area contributed by atoms with Crippen LogP contribution in [-0.2, 0) is 19.4 Å². The van der Waals surface area contributed by atoms with Gasteiger partial charge in [-0.05, 0) is 43.7 Å². The fourth-order valence-corrected chi connectivity index (χ4v) is 2.64. The summed E-state index contributed by atoms with van der Waals surface area (Å²) in [6, 6.07) is 8.61. The lowest BCUT2D eigenvalue weighted by Gasteiger charge is -2.14. The summed E-state index contributed by atoms with van der Waals surface area (Å²) in [5, 5.41) is 0. The maximum Gasteiger partial charge on any atom is 0.0954 e. The lowest BCUT2D eigenvalue weighted by Crippen LogP contribution is -2.09. The fraction of sp³-hybridized carbons (Fsp3) is 0.400. The average molecular weight is 226 g/mol. The van der Waals surface area contributed by atoms with Crippen LogP contribution in [0.1, 0.15) is 35.4 Å². The highest BCUT2D eigenvalue weighted by molar-refractivity contribution is 5.27. The van der Waals surface area contributed by atoms with E-state index in [1.54, 1.807) is 0 Å². The molecule has 1 aromatic carbocycles. The standard InChI is InChI=1S/C15H18N2/c1-12-6-2-3-7-13(12)10-17-11-16-14-8-4-5-9-15(14)17/h2-3,6-7,11H,4-5,8-10H2,1H3. The molecule has 0 radical (unpaired) electrons. The van der Waals surface area contributed by atoms with Gasteiger partial charge in [0.15, 0.2) is 0 Å². The first-order chi connectivity index (χ1) is 8.34. The maximum absolute atomic E-state index is 4.55. The molecule has 1 aromatic heterocycles. The molecule has 1 heterocycles. The van der Waals surface area contributed by atoms with Crippen LogP contribution >= 0.6 is 0 Å². The molecule has 0 aliphatic heterocycles. The van der Waals surface area contributed by atoms with E-state index in [1.165, 1.54) is 41.8 Å². The third kappa shape index (κ3) is 1.99. The second kappa shape index (κ2) is 4.36. The predicted molar refractivity (Wildman–Crippen MR) is 69.2 cm³/mol. The zero-order valence-electron chi connectivity index (χ0n) is 10.3. The van der Waals surface area contributed by atoms with Gasteiger partial charge < -0.3 is 4.57 Å². The Balaban J connectivity index is 1.91. The van der Waals surface area contributed by atoms with Crippen molar-refractivity contribution in [1.29, 1.82) is 0 Å². The van der Waals surface area contributed by atoms with Crippen LogP contribution in [0.15, 0.2) is 30.6 Å². The van der Waals surface area contributed by atoms with E-state index in [1.807, 2.05) is 6.33 Å². The zero-order valence-corrected chi connectivity index (χ0v) is 10.3. The number of hydrogen-bond donors (Lipinski definition) is 0. The maximum atomic E-state index is 4.55. The number of fused-ring (bicyclic) bond motifs is 1. The van der Waals surface area contributed by atoms with E-state index >= 15 is 0 Å². The van der Waals surface area contributed by atoms with Crippen LogP contribution in [0.2, 0.25) is 0 Å². The Morgan fingerprint density at radius 1 is 1.18 bits per heavy atom. The first-order valence-corrected chi connectivity index (χ1v) is 6.42. The molecule has 1 aliphatic carbocycles. The Kier molecular flexibility index (Phi) is 2.71. The van der Waals surface area contributed by atoms with Crippen molar-refractivity contribution in [1.82, 2.24) is 9.55 Å². The van der Waals surface area contributed by atoms with Gasteiger partial charge in [-0.1, -0.05) is 24.3 Å². The van der Waals surface area contributed by atoms with Crippen molar-refractivity contribution in [3.63, 3.8) is 0 Å². The van der Waals surface area contributed by atoms with Gasteiger partial charge in [0.05, 0.1) is 12.0 Å². The molecule has 0 atom stereocenters. The van der Waals surface area contributed by atoms with E-state index in [0.29, 0.717) is 0 Å². The van der Waals surface area contributed by atoms with E-state index < -0.39 is 0 Å². The second-order valence-corrected chi connectivity index (χ2v) is 4.90. The number of nitrogens with zero attached hydrogens (tertiary/aromatic N) is 2. The molecule has 3 rings (SSSR count). The quantitative estimate of drug-likeness (QED) is 0.769. The molecule has 88 valence electrons. The van der Waals surface area contributed by atoms with Crippen LogP contribution in [0.3, 0.4) is 0 Å². The largest absolute Gasteiger partial charge is 0.330 e. The minimum Gasteiger partial charge on any atom is -0.330 e. The Hall–Kier alpha value is -1.57. The van der Waals surface area contributed by atoms with Crippen LogP contribution in [0.25, 0.3) is 0 Å². The molecule has 2 nitrogen and oxygen atoms in total. The van der Waals surface area contributed by atoms with E-state index in [4.69, 9.17) is 0 Å². The van der Waals surface area contributed by atoms with E-state index in [0.717, 1.165) is 13.0 Å². The Labute approximate surface area is 102 Å². The number of aryl methyl sites for hydroxylation is 2. The summed E-state index contributed by atoms with van der Waals surface area (Å²) >= 11 is 0. The fourth-order valence-electron chi connectivity index (χ4n) is 2.64. The summed E-state index contributed by atoms with van der Waals surface area (Å²) in [6.45, 7) is 3.15. The van der Waals surface area contributed by atoms with Gasteiger partial charge in [0.1, 0.15) is 0 Å². The van der Waals surface area contributed by atoms with Crippen LogP contribution in [0.4, 0.5) is 0 Å². The van der Waals surface area contributed by atoms with E-state index in [2.05, 4.69) is 40.7 Å². The van der Waals surface area contributed by atoms with Gasteiger partial charge in [0, 0.05) is 12.2 Å². The molecule has 0 unspecified atom stereocenters. The number of rotatable bonds is 2. The van der Waals surface area contributed by atoms with Crippen LogP contribution in [-0.4, -0.2) is 9.55 Å². The molecular formula is C15H18N2. The molecular weight excluding hydrogens is 208 g/mol. The molecule has 0 N–H and O–H groups in total. The molecule has 2 heteroatoms. The molecule has 0 spiro atoms. The molecule has 1 aliphatic rings. The number of aromatic nitrogens is 2. The van der Waals surface area contributed by atoms with Crippen molar-refractivity contribution in [3.8, 4) is 0 Å². The second-order valence-electron chi connectivity index (χ2n) is 4.90. The SMILES string of the molecule is Cc1ccccc1Cn1cnc2c1CCCC2. The number of hydrogen-bond acceptors (Lipinski definition) is 1. The molecule has 0 saturated carbocycles. The first-order valence-electron chi connectivity index (χ1n) is 6.42. The highest BCUT2D eigenvalue weighted by atomic mass is 15.1. The van der Waals surface area contributed by atoms with Crippen LogP contribution < -0.4 is 0 Å². The molecule has 0 saturated heterocycles. The van der Waals surface area contributed by atoms with Crippen molar-refractivity contribution in [2.75, 3.05) is 0 Å². The van der Waals surface area contributed by atoms with Gasteiger partial charge in [-0.15, -0.1) is 0 Å². The average Bonchev–Trinajstić information content (AvgIpc) is 2.76. The van der Waals surface area contributed by atoms with Crippen molar-refractivity contribution >= 4 is 0 Å². The highest BCUT2D eigenvalue weighted by Crippen LogP contribution is 2.21. The minimum absolute atomic E-state index is 0.967. The summed E-state index contributed by atoms with van der Waals surface area (Å²) in [7, 11) is 0. The lowest BCUT2D eigenvalue weighted by molar-refractivity contribution is 0.628. The smallest absolute Gasteiger partial charge is 0.0954 e. The third-order valence-corrected chi connectivity index (χ3v) is 3.71. The van der Waals surface area contributed by atoms with E-state index in [-0.39, 0.29) is 0 Å². The Bertz CT molecular complexity index is 525. The minimum atomic E-state index is 0.967. The summed E-state index contributed by atoms with van der Waals surface area (Å²) in [6.07, 6.45) is 6.99. The summed E-state index contributed by atoms with van der Waals surface area (Å²) in [5.41, 5.74) is 5.55. The first kappa shape index (κ1) is 10.6. The van der Waals surface area contributed by atoms with E-state index in [9.17, 15) is 0 Å². The normalized spacial score (nSPS) is 14.6. The molecule has 0 amide bonds. The number of benzene rings is 1. The summed E-state index contributed by atoms with van der Waals surface area (Å²) in [4.78, 5) is 4.55. The summed E-state index contributed by atoms with van der Waals surface area (Å²) in [5.74, 6) is 0. The lowest BCUT2D eigenvalue weighted by atomic mass is 10.0. The summed E-state index contributed by atoms with van der Waals surface area (Å²) < 4.78 is 2.33.